The highest BCUT2D eigenvalue weighted by molar-refractivity contribution is 5.79. The fourth-order valence-corrected chi connectivity index (χ4v) is 5.32. The largest absolute Gasteiger partial charge is 0.300 e. The van der Waals surface area contributed by atoms with Gasteiger partial charge in [0.15, 0.2) is 0 Å². The van der Waals surface area contributed by atoms with Crippen LogP contribution in [0.5, 0.6) is 0 Å². The van der Waals surface area contributed by atoms with Crippen LogP contribution >= 0.6 is 0 Å². The Balaban J connectivity index is 1.65. The fourth-order valence-electron chi connectivity index (χ4n) is 5.32. The molecule has 0 aromatic heterocycles. The van der Waals surface area contributed by atoms with Gasteiger partial charge in [-0.15, -0.1) is 0 Å². The molecule has 19 heavy (non-hydrogen) atoms. The molecule has 0 spiro atoms. The Morgan fingerprint density at radius 2 is 1.68 bits per heavy atom. The van der Waals surface area contributed by atoms with Crippen molar-refractivity contribution in [3.05, 3.63) is 23.3 Å². The normalized spacial score (nSPS) is 41.6. The van der Waals surface area contributed by atoms with Crippen molar-refractivity contribution in [3.63, 3.8) is 0 Å². The maximum Gasteiger partial charge on any atom is 0.133 e. The molecule has 0 N–H and O–H groups in total. The fraction of sp³-hybridized carbons (Fsp3) is 0.722. The molecular weight excluding hydrogens is 232 g/mol. The van der Waals surface area contributed by atoms with Gasteiger partial charge in [-0.25, -0.2) is 0 Å². The summed E-state index contributed by atoms with van der Waals surface area (Å²) >= 11 is 0. The maximum absolute atomic E-state index is 11.8. The third-order valence-corrected chi connectivity index (χ3v) is 6.17. The van der Waals surface area contributed by atoms with E-state index in [0.717, 1.165) is 37.0 Å². The van der Waals surface area contributed by atoms with Crippen LogP contribution in [0.25, 0.3) is 0 Å². The van der Waals surface area contributed by atoms with Crippen LogP contribution < -0.4 is 0 Å². The Kier molecular flexibility index (Phi) is 2.90. The number of allylic oxidation sites excluding steroid dienone is 4. The van der Waals surface area contributed by atoms with Crippen LogP contribution in [0.2, 0.25) is 0 Å². The molecule has 4 atom stereocenters. The van der Waals surface area contributed by atoms with Gasteiger partial charge in [-0.1, -0.05) is 23.3 Å². The molecule has 4 aliphatic rings. The zero-order valence-corrected chi connectivity index (χ0v) is 11.7. The summed E-state index contributed by atoms with van der Waals surface area (Å²) in [5, 5.41) is 0. The van der Waals surface area contributed by atoms with Gasteiger partial charge in [0, 0.05) is 12.8 Å². The minimum atomic E-state index is 0.527. The minimum Gasteiger partial charge on any atom is -0.300 e. The first-order valence-corrected chi connectivity index (χ1v) is 8.25. The van der Waals surface area contributed by atoms with E-state index in [4.69, 9.17) is 0 Å². The number of hydrogen-bond donors (Lipinski definition) is 0. The highest BCUT2D eigenvalue weighted by Crippen LogP contribution is 2.53. The lowest BCUT2D eigenvalue weighted by Gasteiger charge is -2.42. The number of fused-ring (bicyclic) bond motifs is 5. The van der Waals surface area contributed by atoms with Gasteiger partial charge < -0.3 is 0 Å². The van der Waals surface area contributed by atoms with E-state index in [1.54, 1.807) is 11.1 Å². The Hall–Kier alpha value is -0.850. The third-order valence-electron chi connectivity index (χ3n) is 6.17. The summed E-state index contributed by atoms with van der Waals surface area (Å²) in [5.41, 5.74) is 3.47. The molecule has 0 aromatic carbocycles. The van der Waals surface area contributed by atoms with Gasteiger partial charge in [-0.3, -0.25) is 4.79 Å². The summed E-state index contributed by atoms with van der Waals surface area (Å²) in [6.45, 7) is 0. The number of ketones is 1. The van der Waals surface area contributed by atoms with Crippen LogP contribution in [-0.4, -0.2) is 5.78 Å². The molecule has 1 heteroatoms. The molecule has 0 saturated heterocycles. The molecule has 0 aliphatic heterocycles. The standard InChI is InChI=1S/C18H24O/c19-14-4-2-6-16-13(11-14)8-10-17-15-5-1-3-12(15)7-9-18(16)17/h7,9,13,15-17H,1-6,8,10-11H2. The predicted octanol–water partition coefficient (Wildman–Crippen LogP) is 4.44. The van der Waals surface area contributed by atoms with E-state index in [9.17, 15) is 4.79 Å². The molecule has 102 valence electrons. The van der Waals surface area contributed by atoms with Gasteiger partial charge >= 0.3 is 0 Å². The zero-order valence-electron chi connectivity index (χ0n) is 11.7. The number of carbonyl (C=O) groups is 1. The van der Waals surface area contributed by atoms with E-state index in [0.29, 0.717) is 11.7 Å². The smallest absolute Gasteiger partial charge is 0.133 e. The Morgan fingerprint density at radius 3 is 2.63 bits per heavy atom. The number of rotatable bonds is 0. The first kappa shape index (κ1) is 11.9. The quantitative estimate of drug-likeness (QED) is 0.626. The molecule has 4 rings (SSSR count). The summed E-state index contributed by atoms with van der Waals surface area (Å²) in [7, 11) is 0. The van der Waals surface area contributed by atoms with E-state index in [2.05, 4.69) is 12.2 Å². The zero-order chi connectivity index (χ0) is 12.8. The molecule has 0 amide bonds. The van der Waals surface area contributed by atoms with Crippen molar-refractivity contribution >= 4 is 5.78 Å². The molecule has 0 heterocycles. The Bertz CT molecular complexity index is 456. The summed E-state index contributed by atoms with van der Waals surface area (Å²) in [6.07, 6.45) is 15.9. The number of Topliss-reactive ketones (excluding diaryl/α,β-unsaturated/α-hetero) is 1. The first-order chi connectivity index (χ1) is 9.33. The Labute approximate surface area is 116 Å². The van der Waals surface area contributed by atoms with Crippen LogP contribution in [0, 0.1) is 23.7 Å². The van der Waals surface area contributed by atoms with Gasteiger partial charge in [0.05, 0.1) is 0 Å². The van der Waals surface area contributed by atoms with Crippen LogP contribution in [0.15, 0.2) is 23.3 Å². The van der Waals surface area contributed by atoms with Crippen LogP contribution in [0.3, 0.4) is 0 Å². The molecule has 0 radical (unpaired) electrons. The van der Waals surface area contributed by atoms with E-state index in [1.807, 2.05) is 0 Å². The summed E-state index contributed by atoms with van der Waals surface area (Å²) < 4.78 is 0. The summed E-state index contributed by atoms with van der Waals surface area (Å²) in [6, 6.07) is 0. The SMILES string of the molecule is O=C1CCCC2C3=CC=C4CCCC4C3CCC2C1. The molecule has 4 unspecified atom stereocenters. The topological polar surface area (TPSA) is 17.1 Å². The molecule has 0 aromatic rings. The molecule has 0 bridgehead atoms. The average molecular weight is 256 g/mol. The van der Waals surface area contributed by atoms with Crippen molar-refractivity contribution in [3.8, 4) is 0 Å². The molecule has 3 fully saturated rings. The van der Waals surface area contributed by atoms with Gasteiger partial charge in [0.25, 0.3) is 0 Å². The highest BCUT2D eigenvalue weighted by Gasteiger charge is 2.42. The monoisotopic (exact) mass is 256 g/mol. The van der Waals surface area contributed by atoms with Gasteiger partial charge in [0.1, 0.15) is 5.78 Å². The molecule has 4 aliphatic carbocycles. The predicted molar refractivity (Wildman–Crippen MR) is 76.7 cm³/mol. The van der Waals surface area contributed by atoms with E-state index < -0.39 is 0 Å². The second-order valence-corrected chi connectivity index (χ2v) is 7.09. The van der Waals surface area contributed by atoms with Crippen molar-refractivity contribution in [2.45, 2.75) is 57.8 Å². The lowest BCUT2D eigenvalue weighted by atomic mass is 9.62. The number of carbonyl (C=O) groups excluding carboxylic acids is 1. The van der Waals surface area contributed by atoms with Crippen molar-refractivity contribution in [2.24, 2.45) is 23.7 Å². The number of hydrogen-bond acceptors (Lipinski definition) is 1. The molecule has 3 saturated carbocycles. The lowest BCUT2D eigenvalue weighted by Crippen LogP contribution is -2.32. The van der Waals surface area contributed by atoms with Gasteiger partial charge in [-0.2, -0.15) is 0 Å². The van der Waals surface area contributed by atoms with Crippen molar-refractivity contribution in [2.75, 3.05) is 0 Å². The first-order valence-electron chi connectivity index (χ1n) is 8.25. The molecular formula is C18H24O. The highest BCUT2D eigenvalue weighted by atomic mass is 16.1. The van der Waals surface area contributed by atoms with Gasteiger partial charge in [-0.05, 0) is 68.6 Å². The van der Waals surface area contributed by atoms with Crippen molar-refractivity contribution < 1.29 is 4.79 Å². The van der Waals surface area contributed by atoms with Crippen LogP contribution in [0.1, 0.15) is 57.8 Å². The third kappa shape index (κ3) is 1.93. The van der Waals surface area contributed by atoms with Crippen LogP contribution in [-0.2, 0) is 4.79 Å². The Morgan fingerprint density at radius 1 is 0.842 bits per heavy atom. The van der Waals surface area contributed by atoms with Crippen LogP contribution in [0.4, 0.5) is 0 Å². The van der Waals surface area contributed by atoms with E-state index in [1.165, 1.54) is 38.5 Å². The summed E-state index contributed by atoms with van der Waals surface area (Å²) in [4.78, 5) is 11.8. The second kappa shape index (κ2) is 4.61. The minimum absolute atomic E-state index is 0.527. The molecule has 1 nitrogen and oxygen atoms in total. The van der Waals surface area contributed by atoms with E-state index >= 15 is 0 Å². The second-order valence-electron chi connectivity index (χ2n) is 7.09. The van der Waals surface area contributed by atoms with Crippen molar-refractivity contribution in [1.82, 2.24) is 0 Å². The van der Waals surface area contributed by atoms with Crippen molar-refractivity contribution in [1.29, 1.82) is 0 Å². The summed E-state index contributed by atoms with van der Waals surface area (Å²) in [5.74, 6) is 3.66. The van der Waals surface area contributed by atoms with E-state index in [-0.39, 0.29) is 0 Å². The maximum atomic E-state index is 11.8. The average Bonchev–Trinajstić information content (AvgIpc) is 2.80. The lowest BCUT2D eigenvalue weighted by molar-refractivity contribution is -0.119. The van der Waals surface area contributed by atoms with Gasteiger partial charge in [0.2, 0.25) is 0 Å².